The zero-order valence-corrected chi connectivity index (χ0v) is 11.1. The zero-order chi connectivity index (χ0) is 13.1. The van der Waals surface area contributed by atoms with Crippen molar-refractivity contribution >= 4 is 22.9 Å². The number of hydrogen-bond acceptors (Lipinski definition) is 5. The van der Waals surface area contributed by atoms with Crippen molar-refractivity contribution in [3.05, 3.63) is 28.0 Å². The lowest BCUT2D eigenvalue weighted by molar-refractivity contribution is 0.0953. The highest BCUT2D eigenvalue weighted by Crippen LogP contribution is 2.23. The number of thiophene rings is 1. The first-order chi connectivity index (χ1) is 8.61. The summed E-state index contributed by atoms with van der Waals surface area (Å²) >= 11 is 1.39. The summed E-state index contributed by atoms with van der Waals surface area (Å²) < 4.78 is 1.88. The lowest BCUT2D eigenvalue weighted by Gasteiger charge is -2.04. The smallest absolute Gasteiger partial charge is 0.261 e. The van der Waals surface area contributed by atoms with Gasteiger partial charge in [-0.25, -0.2) is 0 Å². The monoisotopic (exact) mass is 265 g/mol. The number of amides is 1. The topological polar surface area (TPSA) is 85.8 Å². The minimum atomic E-state index is -0.134. The summed E-state index contributed by atoms with van der Waals surface area (Å²) in [5.74, 6) is 0.609. The van der Waals surface area contributed by atoms with E-state index in [1.807, 2.05) is 18.4 Å². The maximum atomic E-state index is 11.9. The van der Waals surface area contributed by atoms with Gasteiger partial charge in [0.2, 0.25) is 0 Å². The number of carbonyl (C=O) groups excluding carboxylic acids is 1. The molecule has 0 saturated carbocycles. The minimum Gasteiger partial charge on any atom is -0.398 e. The highest BCUT2D eigenvalue weighted by molar-refractivity contribution is 7.14. The van der Waals surface area contributed by atoms with E-state index in [0.717, 1.165) is 17.2 Å². The van der Waals surface area contributed by atoms with E-state index in [1.54, 1.807) is 12.4 Å². The van der Waals surface area contributed by atoms with Gasteiger partial charge in [-0.2, -0.15) is 0 Å². The first-order valence-electron chi connectivity index (χ1n) is 5.62. The van der Waals surface area contributed by atoms with Crippen LogP contribution < -0.4 is 11.1 Å². The number of aryl methyl sites for hydroxylation is 2. The molecule has 0 unspecified atom stereocenters. The van der Waals surface area contributed by atoms with Crippen LogP contribution in [0.25, 0.3) is 0 Å². The summed E-state index contributed by atoms with van der Waals surface area (Å²) in [6, 6.07) is 1.69. The number of rotatable bonds is 4. The molecule has 6 nitrogen and oxygen atoms in total. The molecule has 2 rings (SSSR count). The van der Waals surface area contributed by atoms with Crippen LogP contribution in [0.5, 0.6) is 0 Å². The van der Waals surface area contributed by atoms with E-state index in [2.05, 4.69) is 15.5 Å². The van der Waals surface area contributed by atoms with Crippen LogP contribution >= 0.6 is 11.3 Å². The number of anilines is 1. The van der Waals surface area contributed by atoms with Gasteiger partial charge in [-0.3, -0.25) is 4.79 Å². The van der Waals surface area contributed by atoms with Crippen LogP contribution in [0, 0.1) is 6.92 Å². The summed E-state index contributed by atoms with van der Waals surface area (Å²) in [5, 5.41) is 10.6. The Morgan fingerprint density at radius 2 is 2.39 bits per heavy atom. The van der Waals surface area contributed by atoms with Crippen molar-refractivity contribution in [2.45, 2.75) is 26.9 Å². The van der Waals surface area contributed by atoms with Crippen LogP contribution in [0.3, 0.4) is 0 Å². The van der Waals surface area contributed by atoms with Crippen molar-refractivity contribution in [1.29, 1.82) is 0 Å². The number of carbonyl (C=O) groups is 1. The Hall–Kier alpha value is -1.89. The molecular formula is C11H15N5OS. The molecule has 0 bridgehead atoms. The van der Waals surface area contributed by atoms with Gasteiger partial charge in [0.1, 0.15) is 6.33 Å². The molecule has 1 amide bonds. The summed E-state index contributed by atoms with van der Waals surface area (Å²) in [7, 11) is 0. The molecule has 0 saturated heterocycles. The number of nitrogens with one attached hydrogen (secondary N) is 1. The quantitative estimate of drug-likeness (QED) is 0.869. The Morgan fingerprint density at radius 1 is 1.61 bits per heavy atom. The molecule has 0 atom stereocenters. The van der Waals surface area contributed by atoms with Crippen molar-refractivity contribution in [2.24, 2.45) is 0 Å². The average molecular weight is 265 g/mol. The highest BCUT2D eigenvalue weighted by Gasteiger charge is 2.11. The average Bonchev–Trinajstić information content (AvgIpc) is 2.93. The molecule has 7 heteroatoms. The maximum Gasteiger partial charge on any atom is 0.261 e. The second kappa shape index (κ2) is 5.18. The normalized spacial score (nSPS) is 10.6. The lowest BCUT2D eigenvalue weighted by Crippen LogP contribution is -2.23. The molecule has 0 aliphatic heterocycles. The van der Waals surface area contributed by atoms with Crippen LogP contribution in [0.4, 0.5) is 5.69 Å². The molecule has 3 N–H and O–H groups in total. The fourth-order valence-electron chi connectivity index (χ4n) is 1.53. The van der Waals surface area contributed by atoms with E-state index in [1.165, 1.54) is 11.3 Å². The van der Waals surface area contributed by atoms with Crippen LogP contribution in [0.2, 0.25) is 0 Å². The number of nitrogens with two attached hydrogens (primary N) is 1. The Kier molecular flexibility index (Phi) is 3.61. The summed E-state index contributed by atoms with van der Waals surface area (Å²) in [5.41, 5.74) is 6.37. The van der Waals surface area contributed by atoms with Gasteiger partial charge in [0.05, 0.1) is 11.4 Å². The fraction of sp³-hybridized carbons (Fsp3) is 0.364. The molecule has 0 radical (unpaired) electrons. The lowest BCUT2D eigenvalue weighted by atomic mass is 10.3. The predicted octanol–water partition coefficient (Wildman–Crippen LogP) is 1.18. The largest absolute Gasteiger partial charge is 0.398 e. The summed E-state index contributed by atoms with van der Waals surface area (Å²) in [4.78, 5) is 13.5. The van der Waals surface area contributed by atoms with Crippen molar-refractivity contribution in [3.8, 4) is 0 Å². The Labute approximate surface area is 109 Å². The van der Waals surface area contributed by atoms with Gasteiger partial charge in [-0.1, -0.05) is 0 Å². The van der Waals surface area contributed by atoms with Gasteiger partial charge in [-0.05, 0) is 19.9 Å². The molecule has 0 aromatic carbocycles. The third-order valence-electron chi connectivity index (χ3n) is 2.62. The van der Waals surface area contributed by atoms with Crippen LogP contribution in [0.15, 0.2) is 12.4 Å². The molecule has 18 heavy (non-hydrogen) atoms. The standard InChI is InChI=1S/C11H15N5OS/c1-3-16-6-14-15-10(16)5-13-11(17)9-4-8(12)7(2)18-9/h4,6H,3,5,12H2,1-2H3,(H,13,17). The van der Waals surface area contributed by atoms with Crippen molar-refractivity contribution in [1.82, 2.24) is 20.1 Å². The predicted molar refractivity (Wildman–Crippen MR) is 70.3 cm³/mol. The van der Waals surface area contributed by atoms with E-state index in [0.29, 0.717) is 17.1 Å². The van der Waals surface area contributed by atoms with E-state index in [4.69, 9.17) is 5.73 Å². The second-order valence-corrected chi connectivity index (χ2v) is 5.09. The first kappa shape index (κ1) is 12.6. The van der Waals surface area contributed by atoms with Crippen molar-refractivity contribution in [2.75, 3.05) is 5.73 Å². The maximum absolute atomic E-state index is 11.9. The van der Waals surface area contributed by atoms with E-state index in [9.17, 15) is 4.79 Å². The minimum absolute atomic E-state index is 0.134. The Bertz CT molecular complexity index is 540. The molecule has 0 spiro atoms. The molecule has 96 valence electrons. The van der Waals surface area contributed by atoms with Crippen molar-refractivity contribution in [3.63, 3.8) is 0 Å². The van der Waals surface area contributed by atoms with Gasteiger partial charge in [0, 0.05) is 17.1 Å². The number of nitrogens with zero attached hydrogens (tertiary/aromatic N) is 3. The van der Waals surface area contributed by atoms with Crippen LogP contribution in [-0.2, 0) is 13.1 Å². The molecule has 2 aromatic rings. The molecular weight excluding hydrogens is 250 g/mol. The third kappa shape index (κ3) is 2.51. The van der Waals surface area contributed by atoms with Gasteiger partial charge in [0.15, 0.2) is 5.82 Å². The number of aromatic nitrogens is 3. The number of nitrogen functional groups attached to an aromatic ring is 1. The Balaban J connectivity index is 2.00. The molecule has 2 aromatic heterocycles. The van der Waals surface area contributed by atoms with Gasteiger partial charge >= 0.3 is 0 Å². The highest BCUT2D eigenvalue weighted by atomic mass is 32.1. The van der Waals surface area contributed by atoms with Gasteiger partial charge < -0.3 is 15.6 Å². The number of hydrogen-bond donors (Lipinski definition) is 2. The fourth-order valence-corrected chi connectivity index (χ4v) is 2.39. The van der Waals surface area contributed by atoms with Crippen LogP contribution in [-0.4, -0.2) is 20.7 Å². The summed E-state index contributed by atoms with van der Waals surface area (Å²) in [6.07, 6.45) is 1.65. The van der Waals surface area contributed by atoms with Crippen LogP contribution in [0.1, 0.15) is 27.3 Å². The van der Waals surface area contributed by atoms with Gasteiger partial charge in [0.25, 0.3) is 5.91 Å². The Morgan fingerprint density at radius 3 is 3.00 bits per heavy atom. The van der Waals surface area contributed by atoms with Crippen molar-refractivity contribution < 1.29 is 4.79 Å². The molecule has 0 aliphatic rings. The summed E-state index contributed by atoms with van der Waals surface area (Å²) in [6.45, 7) is 5.04. The molecule has 0 fully saturated rings. The zero-order valence-electron chi connectivity index (χ0n) is 10.3. The SMILES string of the molecule is CCn1cnnc1CNC(=O)c1cc(N)c(C)s1. The van der Waals surface area contributed by atoms with E-state index >= 15 is 0 Å². The van der Waals surface area contributed by atoms with E-state index < -0.39 is 0 Å². The molecule has 2 heterocycles. The molecule has 0 aliphatic carbocycles. The first-order valence-corrected chi connectivity index (χ1v) is 6.44. The second-order valence-electron chi connectivity index (χ2n) is 3.84. The third-order valence-corrected chi connectivity index (χ3v) is 3.69. The van der Waals surface area contributed by atoms with Gasteiger partial charge in [-0.15, -0.1) is 21.5 Å². The van der Waals surface area contributed by atoms with E-state index in [-0.39, 0.29) is 5.91 Å².